The van der Waals surface area contributed by atoms with Crippen LogP contribution >= 0.6 is 0 Å². The Balaban J connectivity index is 1.93. The van der Waals surface area contributed by atoms with Crippen molar-refractivity contribution in [2.24, 2.45) is 0 Å². The number of aryl methyl sites for hydroxylation is 1. The molecule has 0 saturated carbocycles. The molecule has 1 atom stereocenters. The molecule has 1 aromatic carbocycles. The van der Waals surface area contributed by atoms with E-state index in [-0.39, 0.29) is 12.5 Å². The van der Waals surface area contributed by atoms with Gasteiger partial charge in [-0.15, -0.1) is 0 Å². The Hall–Kier alpha value is -2.04. The van der Waals surface area contributed by atoms with Crippen LogP contribution in [0, 0.1) is 6.92 Å². The largest absolute Gasteiger partial charge is 0.447 e. The normalized spacial score (nSPS) is 18.7. The fourth-order valence-corrected chi connectivity index (χ4v) is 1.85. The standard InChI is InChI=1S/C13H16N2O3/c1-9-5-3-4-6-10(9)7-14-12(16)11-8-18-13(17)15(11)2/h3-6,11H,7-8H2,1-2H3,(H,14,16). The maximum Gasteiger partial charge on any atom is 0.410 e. The number of hydrogen-bond acceptors (Lipinski definition) is 3. The summed E-state index contributed by atoms with van der Waals surface area (Å²) in [4.78, 5) is 24.4. The molecular weight excluding hydrogens is 232 g/mol. The van der Waals surface area contributed by atoms with E-state index in [1.54, 1.807) is 7.05 Å². The van der Waals surface area contributed by atoms with Gasteiger partial charge in [0.05, 0.1) is 0 Å². The average Bonchev–Trinajstić information content (AvgIpc) is 2.69. The number of benzene rings is 1. The lowest BCUT2D eigenvalue weighted by Gasteiger charge is -2.16. The summed E-state index contributed by atoms with van der Waals surface area (Å²) < 4.78 is 4.80. The van der Waals surface area contributed by atoms with E-state index in [4.69, 9.17) is 4.74 Å². The first-order valence-corrected chi connectivity index (χ1v) is 5.81. The first-order chi connectivity index (χ1) is 8.59. The lowest BCUT2D eigenvalue weighted by Crippen LogP contribution is -2.43. The minimum atomic E-state index is -0.526. The van der Waals surface area contributed by atoms with E-state index in [1.165, 1.54) is 4.90 Å². The number of ether oxygens (including phenoxy) is 1. The van der Waals surface area contributed by atoms with E-state index in [0.717, 1.165) is 11.1 Å². The zero-order chi connectivity index (χ0) is 13.1. The van der Waals surface area contributed by atoms with Crippen LogP contribution in [0.1, 0.15) is 11.1 Å². The van der Waals surface area contributed by atoms with Crippen LogP contribution in [0.25, 0.3) is 0 Å². The second kappa shape index (κ2) is 5.08. The lowest BCUT2D eigenvalue weighted by molar-refractivity contribution is -0.124. The van der Waals surface area contributed by atoms with Gasteiger partial charge in [-0.1, -0.05) is 24.3 Å². The summed E-state index contributed by atoms with van der Waals surface area (Å²) in [5, 5.41) is 2.82. The summed E-state index contributed by atoms with van der Waals surface area (Å²) in [5.74, 6) is -0.188. The third-order valence-electron chi connectivity index (χ3n) is 3.14. The third-order valence-corrected chi connectivity index (χ3v) is 3.14. The molecule has 1 heterocycles. The van der Waals surface area contributed by atoms with Gasteiger partial charge in [-0.3, -0.25) is 9.69 Å². The minimum absolute atomic E-state index is 0.120. The van der Waals surface area contributed by atoms with Gasteiger partial charge in [-0.25, -0.2) is 4.79 Å². The van der Waals surface area contributed by atoms with Crippen molar-refractivity contribution in [3.63, 3.8) is 0 Å². The Morgan fingerprint density at radius 2 is 2.22 bits per heavy atom. The summed E-state index contributed by atoms with van der Waals surface area (Å²) in [5.41, 5.74) is 2.20. The quantitative estimate of drug-likeness (QED) is 0.870. The van der Waals surface area contributed by atoms with Crippen LogP contribution in [0.3, 0.4) is 0 Å². The molecule has 1 N–H and O–H groups in total. The third kappa shape index (κ3) is 2.45. The predicted octanol–water partition coefficient (Wildman–Crippen LogP) is 1.06. The molecule has 1 aromatic rings. The molecule has 1 fully saturated rings. The molecule has 96 valence electrons. The van der Waals surface area contributed by atoms with Gasteiger partial charge in [-0.2, -0.15) is 0 Å². The van der Waals surface area contributed by atoms with E-state index in [0.29, 0.717) is 6.54 Å². The van der Waals surface area contributed by atoms with Crippen LogP contribution in [0.4, 0.5) is 4.79 Å². The van der Waals surface area contributed by atoms with E-state index < -0.39 is 12.1 Å². The number of rotatable bonds is 3. The van der Waals surface area contributed by atoms with E-state index in [2.05, 4.69) is 5.32 Å². The second-order valence-corrected chi connectivity index (χ2v) is 4.35. The molecule has 18 heavy (non-hydrogen) atoms. The van der Waals surface area contributed by atoms with Crippen LogP contribution in [0.15, 0.2) is 24.3 Å². The van der Waals surface area contributed by atoms with Gasteiger partial charge in [0.25, 0.3) is 0 Å². The number of carbonyl (C=O) groups is 2. The topological polar surface area (TPSA) is 58.6 Å². The van der Waals surface area contributed by atoms with Crippen molar-refractivity contribution in [1.82, 2.24) is 10.2 Å². The number of cyclic esters (lactones) is 1. The van der Waals surface area contributed by atoms with Crippen LogP contribution in [0.5, 0.6) is 0 Å². The Kier molecular flexibility index (Phi) is 3.50. The summed E-state index contributed by atoms with van der Waals surface area (Å²) in [6.45, 7) is 2.58. The van der Waals surface area contributed by atoms with E-state index in [9.17, 15) is 9.59 Å². The van der Waals surface area contributed by atoms with Gasteiger partial charge in [0, 0.05) is 13.6 Å². The van der Waals surface area contributed by atoms with Crippen molar-refractivity contribution in [3.8, 4) is 0 Å². The van der Waals surface area contributed by atoms with Crippen LogP contribution in [0.2, 0.25) is 0 Å². The van der Waals surface area contributed by atoms with Gasteiger partial charge in [0.1, 0.15) is 12.6 Å². The van der Waals surface area contributed by atoms with Crippen molar-refractivity contribution in [2.75, 3.05) is 13.7 Å². The number of likely N-dealkylation sites (N-methyl/N-ethyl adjacent to an activating group) is 1. The molecule has 2 amide bonds. The minimum Gasteiger partial charge on any atom is -0.447 e. The van der Waals surface area contributed by atoms with Gasteiger partial charge in [0.2, 0.25) is 5.91 Å². The molecule has 0 aromatic heterocycles. The summed E-state index contributed by atoms with van der Waals surface area (Å²) >= 11 is 0. The highest BCUT2D eigenvalue weighted by atomic mass is 16.6. The SMILES string of the molecule is Cc1ccccc1CNC(=O)C1COC(=O)N1C. The number of carbonyl (C=O) groups excluding carboxylic acids is 2. The Morgan fingerprint density at radius 1 is 1.50 bits per heavy atom. The number of amides is 2. The molecule has 0 bridgehead atoms. The Morgan fingerprint density at radius 3 is 2.83 bits per heavy atom. The molecule has 5 nitrogen and oxygen atoms in total. The molecule has 5 heteroatoms. The van der Waals surface area contributed by atoms with Crippen molar-refractivity contribution < 1.29 is 14.3 Å². The first kappa shape index (κ1) is 12.4. The zero-order valence-electron chi connectivity index (χ0n) is 10.5. The van der Waals surface area contributed by atoms with Crippen LogP contribution in [-0.4, -0.2) is 36.6 Å². The van der Waals surface area contributed by atoms with Crippen molar-refractivity contribution >= 4 is 12.0 Å². The van der Waals surface area contributed by atoms with Crippen molar-refractivity contribution in [1.29, 1.82) is 0 Å². The number of nitrogens with one attached hydrogen (secondary N) is 1. The van der Waals surface area contributed by atoms with E-state index in [1.807, 2.05) is 31.2 Å². The molecule has 0 spiro atoms. The Labute approximate surface area is 106 Å². The smallest absolute Gasteiger partial charge is 0.410 e. The van der Waals surface area contributed by atoms with Crippen LogP contribution in [-0.2, 0) is 16.1 Å². The second-order valence-electron chi connectivity index (χ2n) is 4.35. The average molecular weight is 248 g/mol. The molecule has 2 rings (SSSR count). The predicted molar refractivity (Wildman–Crippen MR) is 65.9 cm³/mol. The first-order valence-electron chi connectivity index (χ1n) is 5.81. The molecule has 0 radical (unpaired) electrons. The molecular formula is C13H16N2O3. The molecule has 1 aliphatic heterocycles. The highest BCUT2D eigenvalue weighted by Gasteiger charge is 2.34. The van der Waals surface area contributed by atoms with Gasteiger partial charge in [-0.05, 0) is 18.1 Å². The van der Waals surface area contributed by atoms with Gasteiger partial charge < -0.3 is 10.1 Å². The highest BCUT2D eigenvalue weighted by molar-refractivity contribution is 5.87. The van der Waals surface area contributed by atoms with Crippen LogP contribution < -0.4 is 5.32 Å². The van der Waals surface area contributed by atoms with Gasteiger partial charge in [0.15, 0.2) is 0 Å². The fraction of sp³-hybridized carbons (Fsp3) is 0.385. The molecule has 1 aliphatic rings. The monoisotopic (exact) mass is 248 g/mol. The number of nitrogens with zero attached hydrogens (tertiary/aromatic N) is 1. The van der Waals surface area contributed by atoms with Crippen molar-refractivity contribution in [2.45, 2.75) is 19.5 Å². The molecule has 0 aliphatic carbocycles. The Bertz CT molecular complexity index is 473. The van der Waals surface area contributed by atoms with E-state index >= 15 is 0 Å². The molecule has 1 unspecified atom stereocenters. The molecule has 1 saturated heterocycles. The number of hydrogen-bond donors (Lipinski definition) is 1. The zero-order valence-corrected chi connectivity index (χ0v) is 10.5. The summed E-state index contributed by atoms with van der Waals surface area (Å²) in [6.07, 6.45) is -0.453. The maximum absolute atomic E-state index is 11.9. The maximum atomic E-state index is 11.9. The summed E-state index contributed by atoms with van der Waals surface area (Å²) in [7, 11) is 1.56. The summed E-state index contributed by atoms with van der Waals surface area (Å²) in [6, 6.07) is 7.33. The lowest BCUT2D eigenvalue weighted by atomic mass is 10.1. The van der Waals surface area contributed by atoms with Gasteiger partial charge >= 0.3 is 6.09 Å². The van der Waals surface area contributed by atoms with Crippen molar-refractivity contribution in [3.05, 3.63) is 35.4 Å². The highest BCUT2D eigenvalue weighted by Crippen LogP contribution is 2.10. The fourth-order valence-electron chi connectivity index (χ4n) is 1.85.